The second kappa shape index (κ2) is 15.1. The van der Waals surface area contributed by atoms with Gasteiger partial charge in [-0.1, -0.05) is 41.7 Å². The van der Waals surface area contributed by atoms with Crippen LogP contribution < -0.4 is 30.2 Å². The van der Waals surface area contributed by atoms with E-state index in [-0.39, 0.29) is 17.4 Å². The van der Waals surface area contributed by atoms with E-state index in [1.165, 1.54) is 50.5 Å². The third kappa shape index (κ3) is 8.03. The molecule has 12 heteroatoms. The SMILES string of the molecule is COc1cc(/C=C(\NC(=O)c2ccccc2)C(=O)Nc2ccc(SCC(=O)Nc3nc4ccccc4s3)cc2)cc(OC)c1OC. The fourth-order valence-corrected chi connectivity index (χ4v) is 5.94. The van der Waals surface area contributed by atoms with Crippen LogP contribution in [-0.2, 0) is 9.59 Å². The van der Waals surface area contributed by atoms with E-state index in [4.69, 9.17) is 14.2 Å². The van der Waals surface area contributed by atoms with E-state index in [9.17, 15) is 14.4 Å². The van der Waals surface area contributed by atoms with Crippen LogP contribution in [0.1, 0.15) is 15.9 Å². The highest BCUT2D eigenvalue weighted by Crippen LogP contribution is 2.38. The van der Waals surface area contributed by atoms with E-state index in [2.05, 4.69) is 20.9 Å². The Morgan fingerprint density at radius 1 is 0.826 bits per heavy atom. The summed E-state index contributed by atoms with van der Waals surface area (Å²) in [5.74, 6) is 0.201. The first-order valence-corrected chi connectivity index (χ1v) is 15.7. The molecule has 5 rings (SSSR count). The fourth-order valence-electron chi connectivity index (χ4n) is 4.36. The summed E-state index contributed by atoms with van der Waals surface area (Å²) in [6, 6.07) is 26.7. The number of carbonyl (C=O) groups excluding carboxylic acids is 3. The second-order valence-electron chi connectivity index (χ2n) is 9.64. The van der Waals surface area contributed by atoms with Gasteiger partial charge in [0.2, 0.25) is 11.7 Å². The smallest absolute Gasteiger partial charge is 0.272 e. The summed E-state index contributed by atoms with van der Waals surface area (Å²) in [6.07, 6.45) is 1.52. The Hall–Kier alpha value is -5.33. The molecule has 5 aromatic rings. The number of anilines is 2. The Bertz CT molecular complexity index is 1830. The van der Waals surface area contributed by atoms with Crippen molar-refractivity contribution in [3.05, 3.63) is 108 Å². The summed E-state index contributed by atoms with van der Waals surface area (Å²) in [5.41, 5.74) is 2.25. The third-order valence-corrected chi connectivity index (χ3v) is 8.51. The van der Waals surface area contributed by atoms with Gasteiger partial charge in [-0.25, -0.2) is 4.98 Å². The van der Waals surface area contributed by atoms with Crippen LogP contribution in [0.25, 0.3) is 16.3 Å². The van der Waals surface area contributed by atoms with Crippen molar-refractivity contribution < 1.29 is 28.6 Å². The van der Waals surface area contributed by atoms with Crippen LogP contribution in [0.3, 0.4) is 0 Å². The molecule has 234 valence electrons. The van der Waals surface area contributed by atoms with Crippen molar-refractivity contribution in [1.82, 2.24) is 10.3 Å². The van der Waals surface area contributed by atoms with E-state index in [1.807, 2.05) is 24.3 Å². The van der Waals surface area contributed by atoms with Crippen molar-refractivity contribution in [1.29, 1.82) is 0 Å². The Morgan fingerprint density at radius 2 is 1.50 bits per heavy atom. The van der Waals surface area contributed by atoms with Gasteiger partial charge in [0.1, 0.15) is 5.70 Å². The van der Waals surface area contributed by atoms with Gasteiger partial charge in [-0.2, -0.15) is 0 Å². The highest BCUT2D eigenvalue weighted by molar-refractivity contribution is 8.00. The van der Waals surface area contributed by atoms with Crippen molar-refractivity contribution in [2.45, 2.75) is 4.90 Å². The Balaban J connectivity index is 1.28. The molecule has 3 N–H and O–H groups in total. The van der Waals surface area contributed by atoms with E-state index in [0.29, 0.717) is 39.2 Å². The molecule has 0 aliphatic rings. The van der Waals surface area contributed by atoms with Gasteiger partial charge in [0.25, 0.3) is 11.8 Å². The van der Waals surface area contributed by atoms with Crippen LogP contribution in [0.2, 0.25) is 0 Å². The van der Waals surface area contributed by atoms with Gasteiger partial charge in [-0.15, -0.1) is 11.8 Å². The molecule has 0 spiro atoms. The highest BCUT2D eigenvalue weighted by Gasteiger charge is 2.18. The zero-order chi connectivity index (χ0) is 32.5. The Morgan fingerprint density at radius 3 is 2.15 bits per heavy atom. The van der Waals surface area contributed by atoms with E-state index >= 15 is 0 Å². The van der Waals surface area contributed by atoms with E-state index in [0.717, 1.165) is 15.1 Å². The normalized spacial score (nSPS) is 11.1. The molecule has 0 aliphatic carbocycles. The van der Waals surface area contributed by atoms with Crippen molar-refractivity contribution in [3.8, 4) is 17.2 Å². The predicted molar refractivity (Wildman–Crippen MR) is 182 cm³/mol. The number of para-hydroxylation sites is 1. The predicted octanol–water partition coefficient (Wildman–Crippen LogP) is 6.46. The molecule has 0 saturated heterocycles. The number of ether oxygens (including phenoxy) is 3. The summed E-state index contributed by atoms with van der Waals surface area (Å²) in [4.78, 5) is 44.3. The molecule has 0 aliphatic heterocycles. The number of aromatic nitrogens is 1. The lowest BCUT2D eigenvalue weighted by molar-refractivity contribution is -0.114. The highest BCUT2D eigenvalue weighted by atomic mass is 32.2. The lowest BCUT2D eigenvalue weighted by Gasteiger charge is -2.15. The van der Waals surface area contributed by atoms with Crippen molar-refractivity contribution in [3.63, 3.8) is 0 Å². The summed E-state index contributed by atoms with van der Waals surface area (Å²) in [5, 5.41) is 8.96. The zero-order valence-corrected chi connectivity index (χ0v) is 26.8. The molecule has 46 heavy (non-hydrogen) atoms. The number of methoxy groups -OCH3 is 3. The third-order valence-electron chi connectivity index (χ3n) is 6.55. The van der Waals surface area contributed by atoms with Gasteiger partial charge in [0, 0.05) is 16.1 Å². The van der Waals surface area contributed by atoms with Crippen molar-refractivity contribution in [2.24, 2.45) is 0 Å². The number of hydrogen-bond donors (Lipinski definition) is 3. The number of thioether (sulfide) groups is 1. The molecule has 0 bridgehead atoms. The molecule has 4 aromatic carbocycles. The Labute approximate surface area is 273 Å². The molecular weight excluding hydrogens is 625 g/mol. The average Bonchev–Trinajstić information content (AvgIpc) is 3.49. The topological polar surface area (TPSA) is 128 Å². The summed E-state index contributed by atoms with van der Waals surface area (Å²) in [6.45, 7) is 0. The van der Waals surface area contributed by atoms with Gasteiger partial charge < -0.3 is 30.2 Å². The molecule has 3 amide bonds. The maximum absolute atomic E-state index is 13.5. The number of hydrogen-bond acceptors (Lipinski definition) is 9. The van der Waals surface area contributed by atoms with Crippen molar-refractivity contribution in [2.75, 3.05) is 37.7 Å². The minimum atomic E-state index is -0.548. The monoisotopic (exact) mass is 654 g/mol. The number of benzene rings is 4. The number of nitrogens with one attached hydrogen (secondary N) is 3. The van der Waals surface area contributed by atoms with Gasteiger partial charge in [0.15, 0.2) is 16.6 Å². The number of thiazole rings is 1. The first-order valence-electron chi connectivity index (χ1n) is 13.9. The van der Waals surface area contributed by atoms with Crippen LogP contribution in [0.5, 0.6) is 17.2 Å². The van der Waals surface area contributed by atoms with Crippen LogP contribution in [0.15, 0.2) is 102 Å². The molecule has 0 atom stereocenters. The lowest BCUT2D eigenvalue weighted by Crippen LogP contribution is -2.30. The average molecular weight is 655 g/mol. The fraction of sp³-hybridized carbons (Fsp3) is 0.118. The zero-order valence-electron chi connectivity index (χ0n) is 25.2. The van der Waals surface area contributed by atoms with Crippen LogP contribution >= 0.6 is 23.1 Å². The van der Waals surface area contributed by atoms with Gasteiger partial charge in [-0.05, 0) is 72.3 Å². The van der Waals surface area contributed by atoms with Crippen LogP contribution in [0.4, 0.5) is 10.8 Å². The number of rotatable bonds is 12. The van der Waals surface area contributed by atoms with Crippen LogP contribution in [-0.4, -0.2) is 49.8 Å². The quantitative estimate of drug-likeness (QED) is 0.103. The molecule has 0 radical (unpaired) electrons. The first-order chi connectivity index (χ1) is 22.4. The minimum absolute atomic E-state index is 0.00639. The van der Waals surface area contributed by atoms with Gasteiger partial charge in [0.05, 0.1) is 37.3 Å². The number of amides is 3. The Kier molecular flexibility index (Phi) is 10.5. The number of nitrogens with zero attached hydrogens (tertiary/aromatic N) is 1. The van der Waals surface area contributed by atoms with Crippen molar-refractivity contribution >= 4 is 67.9 Å². The maximum atomic E-state index is 13.5. The second-order valence-corrected chi connectivity index (χ2v) is 11.7. The molecule has 0 fully saturated rings. The molecule has 0 saturated carbocycles. The summed E-state index contributed by atoms with van der Waals surface area (Å²) in [7, 11) is 4.48. The standard InChI is InChI=1S/C34H30N4O6S2/c1-42-27-18-21(19-28(43-2)31(27)44-3)17-26(36-32(40)22-9-5-4-6-10-22)33(41)35-23-13-15-24(16-14-23)45-20-30(39)38-34-37-25-11-7-8-12-29(25)46-34/h4-19H,20H2,1-3H3,(H,35,41)(H,36,40)(H,37,38,39)/b26-17-. The molecule has 1 heterocycles. The first kappa shape index (κ1) is 32.1. The number of carbonyl (C=O) groups is 3. The van der Waals surface area contributed by atoms with E-state index in [1.54, 1.807) is 66.7 Å². The summed E-state index contributed by atoms with van der Waals surface area (Å²) < 4.78 is 17.3. The largest absolute Gasteiger partial charge is 0.493 e. The molecule has 0 unspecified atom stereocenters. The minimum Gasteiger partial charge on any atom is -0.493 e. The summed E-state index contributed by atoms with van der Waals surface area (Å²) >= 11 is 2.78. The van der Waals surface area contributed by atoms with Gasteiger partial charge in [-0.3, -0.25) is 14.4 Å². The maximum Gasteiger partial charge on any atom is 0.272 e. The lowest BCUT2D eigenvalue weighted by atomic mass is 10.1. The van der Waals surface area contributed by atoms with Crippen LogP contribution in [0, 0.1) is 0 Å². The molecule has 10 nitrogen and oxygen atoms in total. The number of fused-ring (bicyclic) bond motifs is 1. The molecule has 1 aromatic heterocycles. The molecular formula is C34H30N4O6S2. The van der Waals surface area contributed by atoms with Gasteiger partial charge >= 0.3 is 0 Å². The van der Waals surface area contributed by atoms with E-state index < -0.39 is 11.8 Å².